The molecule has 2 aliphatic heterocycles. The number of aromatic nitrogens is 1. The fourth-order valence-electron chi connectivity index (χ4n) is 3.40. The number of piperidine rings is 1. The molecule has 0 unspecified atom stereocenters. The molecule has 1 aromatic heterocycles. The van der Waals surface area contributed by atoms with Crippen LogP contribution < -0.4 is 0 Å². The highest BCUT2D eigenvalue weighted by molar-refractivity contribution is 8.00. The summed E-state index contributed by atoms with van der Waals surface area (Å²) in [6.07, 6.45) is 6.00. The molecule has 0 saturated carbocycles. The van der Waals surface area contributed by atoms with E-state index in [-0.39, 0.29) is 17.1 Å². The molecule has 0 N–H and O–H groups in total. The van der Waals surface area contributed by atoms with Gasteiger partial charge in [0.2, 0.25) is 5.91 Å². The van der Waals surface area contributed by atoms with Gasteiger partial charge in [0.15, 0.2) is 0 Å². The van der Waals surface area contributed by atoms with Crippen LogP contribution >= 0.6 is 11.8 Å². The van der Waals surface area contributed by atoms with E-state index in [0.29, 0.717) is 5.56 Å². The van der Waals surface area contributed by atoms with Gasteiger partial charge in [-0.1, -0.05) is 18.7 Å². The van der Waals surface area contributed by atoms with Gasteiger partial charge in [-0.3, -0.25) is 9.59 Å². The molecule has 0 aliphatic carbocycles. The lowest BCUT2D eigenvalue weighted by Crippen LogP contribution is -2.41. The molecule has 5 nitrogen and oxygen atoms in total. The van der Waals surface area contributed by atoms with Crippen LogP contribution in [0.1, 0.15) is 49.9 Å². The molecule has 0 bridgehead atoms. The Kier molecular flexibility index (Phi) is 5.99. The number of likely N-dealkylation sites (tertiary alicyclic amines) is 2. The first-order chi connectivity index (χ1) is 12.0. The highest BCUT2D eigenvalue weighted by atomic mass is 32.2. The fourth-order valence-corrected chi connectivity index (χ4v) is 4.27. The Hall–Kier alpha value is -1.56. The van der Waals surface area contributed by atoms with Crippen molar-refractivity contribution in [3.63, 3.8) is 0 Å². The third-order valence-electron chi connectivity index (χ3n) is 5.12. The maximum absolute atomic E-state index is 12.6. The second-order valence-electron chi connectivity index (χ2n) is 7.15. The molecule has 136 valence electrons. The van der Waals surface area contributed by atoms with Gasteiger partial charge in [-0.15, -0.1) is 0 Å². The lowest BCUT2D eigenvalue weighted by atomic mass is 9.99. The van der Waals surface area contributed by atoms with Crippen molar-refractivity contribution in [2.75, 3.05) is 26.2 Å². The van der Waals surface area contributed by atoms with E-state index < -0.39 is 0 Å². The van der Waals surface area contributed by atoms with E-state index in [4.69, 9.17) is 0 Å². The molecule has 25 heavy (non-hydrogen) atoms. The summed E-state index contributed by atoms with van der Waals surface area (Å²) in [6, 6.07) is 3.69. The predicted octanol–water partition coefficient (Wildman–Crippen LogP) is 3.06. The molecule has 0 aromatic carbocycles. The van der Waals surface area contributed by atoms with Crippen LogP contribution in [0.2, 0.25) is 0 Å². The molecule has 0 radical (unpaired) electrons. The summed E-state index contributed by atoms with van der Waals surface area (Å²) in [6.45, 7) is 7.60. The average molecular weight is 362 g/mol. The van der Waals surface area contributed by atoms with Gasteiger partial charge in [-0.25, -0.2) is 4.98 Å². The molecule has 1 aromatic rings. The second-order valence-corrected chi connectivity index (χ2v) is 8.51. The molecule has 0 spiro atoms. The highest BCUT2D eigenvalue weighted by Gasteiger charge is 2.25. The van der Waals surface area contributed by atoms with Crippen molar-refractivity contribution >= 4 is 23.6 Å². The summed E-state index contributed by atoms with van der Waals surface area (Å²) < 4.78 is 0. The largest absolute Gasteiger partial charge is 0.342 e. The SMILES string of the molecule is CC1CCN(C(=O)[C@H](C)Sc2ccc(C(=O)N3CCCC3)cn2)CC1. The van der Waals surface area contributed by atoms with Gasteiger partial charge >= 0.3 is 0 Å². The first-order valence-corrected chi connectivity index (χ1v) is 10.1. The van der Waals surface area contributed by atoms with Gasteiger partial charge in [0.25, 0.3) is 5.91 Å². The number of hydrogen-bond donors (Lipinski definition) is 0. The van der Waals surface area contributed by atoms with Crippen LogP contribution in [0.4, 0.5) is 0 Å². The molecular weight excluding hydrogens is 334 g/mol. The Morgan fingerprint density at radius 3 is 2.40 bits per heavy atom. The number of rotatable bonds is 4. The second kappa shape index (κ2) is 8.21. The Labute approximate surface area is 154 Å². The fraction of sp³-hybridized carbons (Fsp3) is 0.632. The number of pyridine rings is 1. The van der Waals surface area contributed by atoms with E-state index in [9.17, 15) is 9.59 Å². The van der Waals surface area contributed by atoms with E-state index in [0.717, 1.165) is 62.8 Å². The van der Waals surface area contributed by atoms with Gasteiger partial charge in [-0.05, 0) is 50.7 Å². The number of amides is 2. The van der Waals surface area contributed by atoms with Gasteiger partial charge in [-0.2, -0.15) is 0 Å². The molecule has 2 saturated heterocycles. The van der Waals surface area contributed by atoms with Crippen molar-refractivity contribution in [3.8, 4) is 0 Å². The average Bonchev–Trinajstić information content (AvgIpc) is 3.16. The van der Waals surface area contributed by atoms with Crippen molar-refractivity contribution in [3.05, 3.63) is 23.9 Å². The Morgan fingerprint density at radius 1 is 1.12 bits per heavy atom. The minimum Gasteiger partial charge on any atom is -0.342 e. The number of carbonyl (C=O) groups excluding carboxylic acids is 2. The van der Waals surface area contributed by atoms with Crippen LogP contribution in [-0.4, -0.2) is 58.0 Å². The van der Waals surface area contributed by atoms with Crippen LogP contribution in [-0.2, 0) is 4.79 Å². The summed E-state index contributed by atoms with van der Waals surface area (Å²) in [5.74, 6) is 0.971. The van der Waals surface area contributed by atoms with E-state index in [1.807, 2.05) is 28.9 Å². The third kappa shape index (κ3) is 4.54. The topological polar surface area (TPSA) is 53.5 Å². The monoisotopic (exact) mass is 361 g/mol. The normalized spacial score (nSPS) is 19.9. The Bertz CT molecular complexity index is 606. The summed E-state index contributed by atoms with van der Waals surface area (Å²) >= 11 is 1.47. The molecule has 6 heteroatoms. The smallest absolute Gasteiger partial charge is 0.255 e. The van der Waals surface area contributed by atoms with Crippen molar-refractivity contribution in [1.82, 2.24) is 14.8 Å². The van der Waals surface area contributed by atoms with E-state index in [1.54, 1.807) is 6.20 Å². The minimum atomic E-state index is -0.152. The van der Waals surface area contributed by atoms with Gasteiger partial charge in [0.05, 0.1) is 15.8 Å². The summed E-state index contributed by atoms with van der Waals surface area (Å²) in [7, 11) is 0. The first-order valence-electron chi connectivity index (χ1n) is 9.25. The molecule has 1 atom stereocenters. The number of carbonyl (C=O) groups is 2. The molecule has 2 amide bonds. The summed E-state index contributed by atoms with van der Waals surface area (Å²) in [5.41, 5.74) is 0.634. The molecule has 2 aliphatic rings. The zero-order valence-electron chi connectivity index (χ0n) is 15.1. The third-order valence-corrected chi connectivity index (χ3v) is 6.16. The van der Waals surface area contributed by atoms with Crippen LogP contribution in [0, 0.1) is 5.92 Å². The lowest BCUT2D eigenvalue weighted by molar-refractivity contribution is -0.131. The Balaban J connectivity index is 1.55. The lowest BCUT2D eigenvalue weighted by Gasteiger charge is -2.32. The molecule has 2 fully saturated rings. The molecular formula is C19H27N3O2S. The number of hydrogen-bond acceptors (Lipinski definition) is 4. The van der Waals surface area contributed by atoms with Crippen molar-refractivity contribution < 1.29 is 9.59 Å². The maximum atomic E-state index is 12.6. The summed E-state index contributed by atoms with van der Waals surface area (Å²) in [4.78, 5) is 33.2. The van der Waals surface area contributed by atoms with Crippen LogP contribution in [0.15, 0.2) is 23.4 Å². The molecule has 3 rings (SSSR count). The quantitative estimate of drug-likeness (QED) is 0.774. The zero-order valence-corrected chi connectivity index (χ0v) is 15.9. The highest BCUT2D eigenvalue weighted by Crippen LogP contribution is 2.25. The number of thioether (sulfide) groups is 1. The Morgan fingerprint density at radius 2 is 1.80 bits per heavy atom. The van der Waals surface area contributed by atoms with Crippen LogP contribution in [0.25, 0.3) is 0 Å². The van der Waals surface area contributed by atoms with E-state index >= 15 is 0 Å². The van der Waals surface area contributed by atoms with Crippen molar-refractivity contribution in [1.29, 1.82) is 0 Å². The first kappa shape index (κ1) is 18.2. The van der Waals surface area contributed by atoms with Crippen molar-refractivity contribution in [2.45, 2.75) is 49.8 Å². The maximum Gasteiger partial charge on any atom is 0.255 e. The van der Waals surface area contributed by atoms with Gasteiger partial charge in [0, 0.05) is 32.4 Å². The van der Waals surface area contributed by atoms with E-state index in [1.165, 1.54) is 11.8 Å². The zero-order chi connectivity index (χ0) is 17.8. The predicted molar refractivity (Wildman–Crippen MR) is 99.7 cm³/mol. The molecule has 3 heterocycles. The summed E-state index contributed by atoms with van der Waals surface area (Å²) in [5, 5.41) is 0.644. The van der Waals surface area contributed by atoms with Crippen LogP contribution in [0.3, 0.4) is 0 Å². The van der Waals surface area contributed by atoms with Crippen molar-refractivity contribution in [2.24, 2.45) is 5.92 Å². The number of nitrogens with zero attached hydrogens (tertiary/aromatic N) is 3. The minimum absolute atomic E-state index is 0.0631. The van der Waals surface area contributed by atoms with Gasteiger partial charge in [0.1, 0.15) is 0 Å². The van der Waals surface area contributed by atoms with Gasteiger partial charge < -0.3 is 9.80 Å². The van der Waals surface area contributed by atoms with Crippen LogP contribution in [0.5, 0.6) is 0 Å². The standard InChI is InChI=1S/C19H27N3O2S/c1-14-7-11-22(12-8-14)18(23)15(2)25-17-6-5-16(13-20-17)19(24)21-9-3-4-10-21/h5-6,13-15H,3-4,7-12H2,1-2H3/t15-/m0/s1. The van der Waals surface area contributed by atoms with E-state index in [2.05, 4.69) is 11.9 Å².